The van der Waals surface area contributed by atoms with Gasteiger partial charge in [-0.2, -0.15) is 0 Å². The summed E-state index contributed by atoms with van der Waals surface area (Å²) in [6.45, 7) is 21.8. The molecule has 152 valence electrons. The second-order valence-electron chi connectivity index (χ2n) is 10.5. The van der Waals surface area contributed by atoms with Gasteiger partial charge in [0.05, 0.1) is 5.60 Å². The Kier molecular flexibility index (Phi) is 5.65. The summed E-state index contributed by atoms with van der Waals surface area (Å²) in [5, 5.41) is 0. The fraction of sp³-hybridized carbons (Fsp3) is 0.783. The first-order valence-electron chi connectivity index (χ1n) is 9.90. The second-order valence-corrected chi connectivity index (χ2v) is 10.5. The number of hydrogen-bond acceptors (Lipinski definition) is 4. The second kappa shape index (κ2) is 6.94. The summed E-state index contributed by atoms with van der Waals surface area (Å²) < 4.78 is 5.99. The van der Waals surface area contributed by atoms with Crippen molar-refractivity contribution in [2.75, 3.05) is 0 Å². The van der Waals surface area contributed by atoms with Crippen molar-refractivity contribution < 1.29 is 19.3 Å². The van der Waals surface area contributed by atoms with Crippen LogP contribution in [0.4, 0.5) is 0 Å². The Labute approximate surface area is 164 Å². The lowest BCUT2D eigenvalue weighted by Gasteiger charge is -2.44. The molecule has 0 radical (unpaired) electrons. The molecule has 2 saturated carbocycles. The zero-order chi connectivity index (χ0) is 20.8. The van der Waals surface area contributed by atoms with Crippen molar-refractivity contribution in [3.05, 3.63) is 12.2 Å². The van der Waals surface area contributed by atoms with Crippen LogP contribution < -0.4 is 0 Å². The summed E-state index contributed by atoms with van der Waals surface area (Å²) in [7, 11) is 0. The zero-order valence-corrected chi connectivity index (χ0v) is 18.5. The van der Waals surface area contributed by atoms with Crippen LogP contribution in [0.5, 0.6) is 0 Å². The lowest BCUT2D eigenvalue weighted by molar-refractivity contribution is -0.384. The molecule has 0 aromatic carbocycles. The Hall–Kier alpha value is -1.31. The fourth-order valence-corrected chi connectivity index (χ4v) is 4.21. The van der Waals surface area contributed by atoms with Crippen LogP contribution in [-0.4, -0.2) is 22.8 Å². The van der Waals surface area contributed by atoms with E-state index >= 15 is 0 Å². The van der Waals surface area contributed by atoms with Gasteiger partial charge in [-0.1, -0.05) is 39.2 Å². The maximum absolute atomic E-state index is 12.4. The van der Waals surface area contributed by atoms with Gasteiger partial charge in [0.15, 0.2) is 11.2 Å². The van der Waals surface area contributed by atoms with Crippen LogP contribution in [0.1, 0.15) is 75.2 Å². The van der Waals surface area contributed by atoms with Gasteiger partial charge < -0.3 is 4.74 Å². The molecule has 0 heterocycles. The summed E-state index contributed by atoms with van der Waals surface area (Å²) in [6.07, 6.45) is 1.79. The van der Waals surface area contributed by atoms with Crippen LogP contribution in [0.3, 0.4) is 0 Å². The van der Waals surface area contributed by atoms with Crippen LogP contribution in [0.25, 0.3) is 0 Å². The average Bonchev–Trinajstić information content (AvgIpc) is 2.99. The predicted molar refractivity (Wildman–Crippen MR) is 107 cm³/mol. The third-order valence-electron chi connectivity index (χ3n) is 6.21. The van der Waals surface area contributed by atoms with Gasteiger partial charge >= 0.3 is 5.97 Å². The minimum atomic E-state index is -0.809. The maximum Gasteiger partial charge on any atom is 0.334 e. The van der Waals surface area contributed by atoms with Crippen molar-refractivity contribution in [3.8, 4) is 11.8 Å². The number of ether oxygens (including phenoxy) is 1. The minimum absolute atomic E-state index is 0.215. The molecule has 2 bridgehead atoms. The highest BCUT2D eigenvalue weighted by Crippen LogP contribution is 2.63. The molecule has 2 rings (SSSR count). The van der Waals surface area contributed by atoms with Crippen molar-refractivity contribution >= 4 is 5.97 Å². The number of carbonyl (C=O) groups is 1. The van der Waals surface area contributed by atoms with Crippen LogP contribution in [0.15, 0.2) is 12.2 Å². The van der Waals surface area contributed by atoms with E-state index in [9.17, 15) is 4.79 Å². The molecule has 2 aliphatic rings. The van der Waals surface area contributed by atoms with E-state index in [0.717, 1.165) is 12.8 Å². The summed E-state index contributed by atoms with van der Waals surface area (Å²) in [5.41, 5.74) is -1.38. The number of rotatable bonds is 4. The minimum Gasteiger partial charge on any atom is -0.442 e. The molecular weight excluding hydrogens is 340 g/mol. The van der Waals surface area contributed by atoms with E-state index in [1.165, 1.54) is 0 Å². The Morgan fingerprint density at radius 3 is 2.19 bits per heavy atom. The molecule has 4 heteroatoms. The Bertz CT molecular complexity index is 667. The van der Waals surface area contributed by atoms with Crippen LogP contribution >= 0.6 is 0 Å². The normalized spacial score (nSPS) is 32.0. The highest BCUT2D eigenvalue weighted by Gasteiger charge is 2.63. The van der Waals surface area contributed by atoms with Crippen LogP contribution in [0, 0.1) is 35.0 Å². The van der Waals surface area contributed by atoms with Gasteiger partial charge in [0.2, 0.25) is 0 Å². The maximum atomic E-state index is 12.4. The number of fused-ring (bicyclic) bond motifs is 2. The number of carbonyl (C=O) groups excluding carboxylic acids is 1. The van der Waals surface area contributed by atoms with Crippen molar-refractivity contribution in [3.63, 3.8) is 0 Å². The van der Waals surface area contributed by atoms with Crippen molar-refractivity contribution in [2.24, 2.45) is 23.2 Å². The third kappa shape index (κ3) is 4.58. The molecule has 0 aromatic rings. The Morgan fingerprint density at radius 2 is 1.74 bits per heavy atom. The Balaban J connectivity index is 2.32. The van der Waals surface area contributed by atoms with E-state index in [0.29, 0.717) is 17.4 Å². The van der Waals surface area contributed by atoms with E-state index in [2.05, 4.69) is 39.2 Å². The van der Waals surface area contributed by atoms with Gasteiger partial charge in [0.1, 0.15) is 0 Å². The number of esters is 1. The van der Waals surface area contributed by atoms with Gasteiger partial charge in [0, 0.05) is 17.9 Å². The topological polar surface area (TPSA) is 44.8 Å². The van der Waals surface area contributed by atoms with Crippen LogP contribution in [-0.2, 0) is 19.3 Å². The van der Waals surface area contributed by atoms with Gasteiger partial charge in [-0.15, -0.1) is 0 Å². The third-order valence-corrected chi connectivity index (χ3v) is 6.21. The van der Waals surface area contributed by atoms with Crippen molar-refractivity contribution in [1.82, 2.24) is 0 Å². The molecule has 0 aliphatic heterocycles. The van der Waals surface area contributed by atoms with E-state index in [-0.39, 0.29) is 17.3 Å². The number of hydrogen-bond donors (Lipinski definition) is 0. The highest BCUT2D eigenvalue weighted by molar-refractivity contribution is 5.87. The molecule has 0 amide bonds. The summed E-state index contributed by atoms with van der Waals surface area (Å²) in [6, 6.07) is 0. The average molecular weight is 377 g/mol. The van der Waals surface area contributed by atoms with Gasteiger partial charge in [-0.25, -0.2) is 14.6 Å². The molecule has 0 N–H and O–H groups in total. The highest BCUT2D eigenvalue weighted by atomic mass is 17.2. The molecule has 2 fully saturated rings. The fourth-order valence-electron chi connectivity index (χ4n) is 4.21. The SMILES string of the molecule is C=C(C)C(=O)O[C@@]1(C#CC(C)(C)OOC(C)(C)C)C[C@@H]2C[C@@H]1[C@H](C)C2(C)C. The molecular formula is C23H36O4. The van der Waals surface area contributed by atoms with E-state index < -0.39 is 16.8 Å². The van der Waals surface area contributed by atoms with Gasteiger partial charge in [-0.05, 0) is 65.2 Å². The van der Waals surface area contributed by atoms with Crippen molar-refractivity contribution in [2.45, 2.75) is 92.0 Å². The predicted octanol–water partition coefficient (Wildman–Crippen LogP) is 5.08. The first kappa shape index (κ1) is 22.0. The molecule has 4 atom stereocenters. The largest absolute Gasteiger partial charge is 0.442 e. The van der Waals surface area contributed by atoms with Gasteiger partial charge in [-0.3, -0.25) is 0 Å². The monoisotopic (exact) mass is 376 g/mol. The first-order chi connectivity index (χ1) is 12.1. The van der Waals surface area contributed by atoms with Crippen LogP contribution in [0.2, 0.25) is 0 Å². The van der Waals surface area contributed by atoms with E-state index in [4.69, 9.17) is 14.5 Å². The molecule has 27 heavy (non-hydrogen) atoms. The molecule has 0 spiro atoms. The molecule has 0 unspecified atom stereocenters. The Morgan fingerprint density at radius 1 is 1.15 bits per heavy atom. The smallest absolute Gasteiger partial charge is 0.334 e. The molecule has 0 aromatic heterocycles. The summed E-state index contributed by atoms with van der Waals surface area (Å²) >= 11 is 0. The first-order valence-corrected chi connectivity index (χ1v) is 9.90. The molecule has 4 nitrogen and oxygen atoms in total. The molecule has 2 aliphatic carbocycles. The summed E-state index contributed by atoms with van der Waals surface area (Å²) in [4.78, 5) is 23.4. The molecule has 0 saturated heterocycles. The van der Waals surface area contributed by atoms with Gasteiger partial charge in [0.25, 0.3) is 0 Å². The zero-order valence-electron chi connectivity index (χ0n) is 18.5. The lowest BCUT2D eigenvalue weighted by Crippen LogP contribution is -2.47. The lowest BCUT2D eigenvalue weighted by atomic mass is 9.64. The van der Waals surface area contributed by atoms with E-state index in [1.54, 1.807) is 6.92 Å². The van der Waals surface area contributed by atoms with E-state index in [1.807, 2.05) is 34.6 Å². The standard InChI is InChI=1S/C23H36O4/c1-15(2)19(24)25-23(12-11-21(7,8)27-26-20(4,5)6)14-17-13-18(23)16(3)22(17,9)10/h16-18H,1,13-14H2,2-10H3/t16-,17-,18+,23-/m0/s1. The van der Waals surface area contributed by atoms with Crippen molar-refractivity contribution in [1.29, 1.82) is 0 Å². The quantitative estimate of drug-likeness (QED) is 0.226. The summed E-state index contributed by atoms with van der Waals surface area (Å²) in [5.74, 6) is 7.25.